The predicted octanol–water partition coefficient (Wildman–Crippen LogP) is 4.76. The first kappa shape index (κ1) is 15.8. The van der Waals surface area contributed by atoms with Gasteiger partial charge in [-0.1, -0.05) is 54.1 Å². The second kappa shape index (κ2) is 7.47. The Morgan fingerprint density at radius 2 is 1.78 bits per heavy atom. The van der Waals surface area contributed by atoms with E-state index in [-0.39, 0.29) is 5.91 Å². The minimum Gasteiger partial charge on any atom is -0.339 e. The van der Waals surface area contributed by atoms with Gasteiger partial charge >= 0.3 is 0 Å². The number of amides is 1. The van der Waals surface area contributed by atoms with E-state index in [1.54, 1.807) is 6.08 Å². The summed E-state index contributed by atoms with van der Waals surface area (Å²) in [6.45, 7) is 1.64. The molecule has 1 aliphatic rings. The first-order valence-electron chi connectivity index (χ1n) is 8.00. The van der Waals surface area contributed by atoms with Crippen LogP contribution in [-0.4, -0.2) is 23.9 Å². The Bertz CT molecular complexity index is 688. The maximum atomic E-state index is 12.3. The highest BCUT2D eigenvalue weighted by atomic mass is 35.5. The molecule has 1 fully saturated rings. The molecule has 0 aromatic heterocycles. The summed E-state index contributed by atoms with van der Waals surface area (Å²) in [6.07, 6.45) is 5.54. The molecule has 0 radical (unpaired) electrons. The molecule has 1 saturated heterocycles. The molecule has 0 atom stereocenters. The van der Waals surface area contributed by atoms with Crippen molar-refractivity contribution in [1.29, 1.82) is 0 Å². The lowest BCUT2D eigenvalue weighted by Gasteiger charge is -2.31. The van der Waals surface area contributed by atoms with E-state index in [1.165, 1.54) is 5.56 Å². The van der Waals surface area contributed by atoms with Crippen molar-refractivity contribution < 1.29 is 4.79 Å². The van der Waals surface area contributed by atoms with Crippen molar-refractivity contribution in [3.8, 4) is 0 Å². The molecule has 2 nitrogen and oxygen atoms in total. The summed E-state index contributed by atoms with van der Waals surface area (Å²) in [7, 11) is 0. The zero-order valence-electron chi connectivity index (χ0n) is 13.0. The molecule has 0 unspecified atom stereocenters. The summed E-state index contributed by atoms with van der Waals surface area (Å²) >= 11 is 5.95. The lowest BCUT2D eigenvalue weighted by atomic mass is 9.89. The minimum absolute atomic E-state index is 0.0801. The number of piperidine rings is 1. The second-order valence-corrected chi connectivity index (χ2v) is 6.34. The topological polar surface area (TPSA) is 20.3 Å². The monoisotopic (exact) mass is 325 g/mol. The van der Waals surface area contributed by atoms with Gasteiger partial charge in [0.2, 0.25) is 5.91 Å². The van der Waals surface area contributed by atoms with E-state index < -0.39 is 0 Å². The van der Waals surface area contributed by atoms with Crippen LogP contribution < -0.4 is 0 Å². The maximum Gasteiger partial charge on any atom is 0.246 e. The highest BCUT2D eigenvalue weighted by molar-refractivity contribution is 6.30. The van der Waals surface area contributed by atoms with Crippen molar-refractivity contribution in [2.45, 2.75) is 18.8 Å². The van der Waals surface area contributed by atoms with Crippen molar-refractivity contribution in [3.63, 3.8) is 0 Å². The maximum absolute atomic E-state index is 12.3. The van der Waals surface area contributed by atoms with Crippen molar-refractivity contribution in [1.82, 2.24) is 4.90 Å². The minimum atomic E-state index is 0.0801. The molecule has 0 bridgehead atoms. The van der Waals surface area contributed by atoms with E-state index >= 15 is 0 Å². The SMILES string of the molecule is O=C(/C=C/c1cccc(Cl)c1)N1CCC(c2ccccc2)CC1. The third-order valence-electron chi connectivity index (χ3n) is 4.34. The summed E-state index contributed by atoms with van der Waals surface area (Å²) in [5, 5.41) is 0.684. The van der Waals surface area contributed by atoms with Crippen molar-refractivity contribution >= 4 is 23.6 Å². The number of nitrogens with zero attached hydrogens (tertiary/aromatic N) is 1. The first-order chi connectivity index (χ1) is 11.2. The molecule has 0 saturated carbocycles. The van der Waals surface area contributed by atoms with Crippen LogP contribution in [0.5, 0.6) is 0 Å². The van der Waals surface area contributed by atoms with Crippen LogP contribution in [0.3, 0.4) is 0 Å². The summed E-state index contributed by atoms with van der Waals surface area (Å²) in [6, 6.07) is 18.1. The van der Waals surface area contributed by atoms with Crippen molar-refractivity contribution in [2.24, 2.45) is 0 Å². The number of carbonyl (C=O) groups is 1. The van der Waals surface area contributed by atoms with Gasteiger partial charge in [-0.3, -0.25) is 4.79 Å². The van der Waals surface area contributed by atoms with E-state index in [2.05, 4.69) is 24.3 Å². The number of carbonyl (C=O) groups excluding carboxylic acids is 1. The number of halogens is 1. The Morgan fingerprint density at radius 1 is 1.04 bits per heavy atom. The second-order valence-electron chi connectivity index (χ2n) is 5.90. The molecule has 1 heterocycles. The van der Waals surface area contributed by atoms with Crippen LogP contribution in [0.2, 0.25) is 5.02 Å². The molecule has 118 valence electrons. The fourth-order valence-electron chi connectivity index (χ4n) is 3.04. The van der Waals surface area contributed by atoms with Gasteiger partial charge in [0.1, 0.15) is 0 Å². The number of benzene rings is 2. The van der Waals surface area contributed by atoms with Crippen LogP contribution in [0, 0.1) is 0 Å². The van der Waals surface area contributed by atoms with E-state index in [0.717, 1.165) is 31.5 Å². The molecule has 2 aromatic carbocycles. The van der Waals surface area contributed by atoms with Crippen LogP contribution in [0.15, 0.2) is 60.7 Å². The molecule has 0 N–H and O–H groups in total. The van der Waals surface area contributed by atoms with E-state index in [9.17, 15) is 4.79 Å². The quantitative estimate of drug-likeness (QED) is 0.745. The summed E-state index contributed by atoms with van der Waals surface area (Å²) in [5.41, 5.74) is 2.33. The van der Waals surface area contributed by atoms with Crippen LogP contribution in [0.4, 0.5) is 0 Å². The fourth-order valence-corrected chi connectivity index (χ4v) is 3.24. The van der Waals surface area contributed by atoms with Gasteiger partial charge in [-0.2, -0.15) is 0 Å². The number of likely N-dealkylation sites (tertiary alicyclic amines) is 1. The third kappa shape index (κ3) is 4.23. The molecule has 23 heavy (non-hydrogen) atoms. The first-order valence-corrected chi connectivity index (χ1v) is 8.38. The molecule has 1 amide bonds. The summed E-state index contributed by atoms with van der Waals surface area (Å²) in [4.78, 5) is 14.2. The largest absolute Gasteiger partial charge is 0.339 e. The standard InChI is InChI=1S/C20H20ClNO/c21-19-8-4-5-16(15-19)9-10-20(23)22-13-11-18(12-14-22)17-6-2-1-3-7-17/h1-10,15,18H,11-14H2/b10-9+. The van der Waals surface area contributed by atoms with Gasteiger partial charge < -0.3 is 4.90 Å². The van der Waals surface area contributed by atoms with Gasteiger partial charge in [0.25, 0.3) is 0 Å². The Labute approximate surface area is 142 Å². The van der Waals surface area contributed by atoms with E-state index in [4.69, 9.17) is 11.6 Å². The van der Waals surface area contributed by atoms with Crippen LogP contribution in [0.25, 0.3) is 6.08 Å². The normalized spacial score (nSPS) is 16.0. The average molecular weight is 326 g/mol. The molecule has 0 spiro atoms. The highest BCUT2D eigenvalue weighted by Crippen LogP contribution is 2.27. The van der Waals surface area contributed by atoms with Gasteiger partial charge in [0, 0.05) is 24.2 Å². The zero-order chi connectivity index (χ0) is 16.1. The third-order valence-corrected chi connectivity index (χ3v) is 4.58. The van der Waals surface area contributed by atoms with E-state index in [1.807, 2.05) is 41.3 Å². The van der Waals surface area contributed by atoms with Gasteiger partial charge in [-0.05, 0) is 48.1 Å². The smallest absolute Gasteiger partial charge is 0.246 e. The Hall–Kier alpha value is -2.06. The average Bonchev–Trinajstić information content (AvgIpc) is 2.61. The lowest BCUT2D eigenvalue weighted by Crippen LogP contribution is -2.36. The Balaban J connectivity index is 1.56. The summed E-state index contributed by atoms with van der Waals surface area (Å²) in [5.74, 6) is 0.647. The van der Waals surface area contributed by atoms with Gasteiger partial charge in [0.05, 0.1) is 0 Å². The highest BCUT2D eigenvalue weighted by Gasteiger charge is 2.22. The number of hydrogen-bond donors (Lipinski definition) is 0. The molecule has 3 rings (SSSR count). The Kier molecular flexibility index (Phi) is 5.14. The van der Waals surface area contributed by atoms with Crippen molar-refractivity contribution in [3.05, 3.63) is 76.8 Å². The molecule has 0 aliphatic carbocycles. The zero-order valence-corrected chi connectivity index (χ0v) is 13.7. The molecular weight excluding hydrogens is 306 g/mol. The van der Waals surface area contributed by atoms with Gasteiger partial charge in [-0.25, -0.2) is 0 Å². The Morgan fingerprint density at radius 3 is 2.48 bits per heavy atom. The van der Waals surface area contributed by atoms with Gasteiger partial charge in [0.15, 0.2) is 0 Å². The van der Waals surface area contributed by atoms with Crippen molar-refractivity contribution in [2.75, 3.05) is 13.1 Å². The molecule has 2 aromatic rings. The molecular formula is C20H20ClNO. The fraction of sp³-hybridized carbons (Fsp3) is 0.250. The van der Waals surface area contributed by atoms with Gasteiger partial charge in [-0.15, -0.1) is 0 Å². The van der Waals surface area contributed by atoms with Crippen LogP contribution in [-0.2, 0) is 4.79 Å². The predicted molar refractivity (Wildman–Crippen MR) is 95.5 cm³/mol. The van der Waals surface area contributed by atoms with Crippen LogP contribution in [0.1, 0.15) is 29.9 Å². The summed E-state index contributed by atoms with van der Waals surface area (Å²) < 4.78 is 0. The van der Waals surface area contributed by atoms with Crippen LogP contribution >= 0.6 is 11.6 Å². The number of rotatable bonds is 3. The van der Waals surface area contributed by atoms with E-state index in [0.29, 0.717) is 10.9 Å². The number of hydrogen-bond acceptors (Lipinski definition) is 1. The molecule has 1 aliphatic heterocycles. The lowest BCUT2D eigenvalue weighted by molar-refractivity contribution is -0.126. The molecule has 3 heteroatoms.